The second kappa shape index (κ2) is 3.23. The molecule has 2 rings (SSSR count). The van der Waals surface area contributed by atoms with Gasteiger partial charge in [-0.2, -0.15) is 0 Å². The number of rotatable bonds is 1. The molecule has 0 saturated carbocycles. The van der Waals surface area contributed by atoms with E-state index in [1.165, 1.54) is 0 Å². The van der Waals surface area contributed by atoms with Crippen molar-refractivity contribution >= 4 is 11.7 Å². The fraction of sp³-hybridized carbons (Fsp3) is 0.200. The lowest BCUT2D eigenvalue weighted by Gasteiger charge is -2.22. The Labute approximate surface area is 80.6 Å². The van der Waals surface area contributed by atoms with Crippen molar-refractivity contribution in [3.8, 4) is 5.75 Å². The van der Waals surface area contributed by atoms with Gasteiger partial charge in [0.15, 0.2) is 0 Å². The van der Waals surface area contributed by atoms with Gasteiger partial charge in [0.2, 0.25) is 0 Å². The number of nitrogens with one attached hydrogen (secondary N) is 1. The summed E-state index contributed by atoms with van der Waals surface area (Å²) in [5.41, 5.74) is 0.700. The number of hydrogen-bond acceptors (Lipinski definition) is 4. The summed E-state index contributed by atoms with van der Waals surface area (Å²) in [6.45, 7) is -0.383. The monoisotopic (exact) mass is 191 g/mol. The topological polar surface area (TPSA) is 70.4 Å². The van der Waals surface area contributed by atoms with Gasteiger partial charge in [0.05, 0.1) is 12.3 Å². The lowest BCUT2D eigenvalue weighted by atomic mass is 9.94. The van der Waals surface area contributed by atoms with Crippen LogP contribution in [0.1, 0.15) is 5.56 Å². The number of benzene rings is 1. The molecule has 4 nitrogen and oxygen atoms in total. The summed E-state index contributed by atoms with van der Waals surface area (Å²) >= 11 is 0. The van der Waals surface area contributed by atoms with E-state index in [-0.39, 0.29) is 12.3 Å². The molecule has 1 aromatic rings. The second-order valence-electron chi connectivity index (χ2n) is 3.07. The van der Waals surface area contributed by atoms with Crippen LogP contribution in [-0.2, 0) is 4.79 Å². The maximum Gasteiger partial charge on any atom is 0.322 e. The van der Waals surface area contributed by atoms with Gasteiger partial charge < -0.3 is 15.3 Å². The van der Waals surface area contributed by atoms with Crippen LogP contribution < -0.4 is 4.74 Å². The minimum absolute atomic E-state index is 0.124. The zero-order valence-electron chi connectivity index (χ0n) is 7.36. The van der Waals surface area contributed by atoms with Gasteiger partial charge in [0, 0.05) is 5.56 Å². The fourth-order valence-electron chi connectivity index (χ4n) is 1.43. The molecule has 4 heteroatoms. The standard InChI is InChI=1S/C10H9NO3/c11-9-6-3-1-2-4-8(6)14-10(13)7(9)5-12/h1-4,7,11-12H,5H2. The molecule has 0 radical (unpaired) electrons. The minimum Gasteiger partial charge on any atom is -0.425 e. The summed E-state index contributed by atoms with van der Waals surface area (Å²) in [5, 5.41) is 16.6. The first-order chi connectivity index (χ1) is 6.74. The third kappa shape index (κ3) is 1.20. The van der Waals surface area contributed by atoms with E-state index in [1.54, 1.807) is 24.3 Å². The minimum atomic E-state index is -0.843. The molecular weight excluding hydrogens is 182 g/mol. The molecule has 1 aromatic carbocycles. The quantitative estimate of drug-likeness (QED) is 0.504. The number of carbonyl (C=O) groups excluding carboxylic acids is 1. The number of hydrogen-bond donors (Lipinski definition) is 2. The van der Waals surface area contributed by atoms with Crippen molar-refractivity contribution in [1.82, 2.24) is 0 Å². The van der Waals surface area contributed by atoms with Crippen molar-refractivity contribution in [3.63, 3.8) is 0 Å². The van der Waals surface area contributed by atoms with Crippen LogP contribution in [0.3, 0.4) is 0 Å². The van der Waals surface area contributed by atoms with Crippen LogP contribution in [0.2, 0.25) is 0 Å². The van der Waals surface area contributed by atoms with Gasteiger partial charge in [-0.3, -0.25) is 4.79 Å². The zero-order valence-corrected chi connectivity index (χ0v) is 7.36. The average Bonchev–Trinajstić information content (AvgIpc) is 2.18. The molecular formula is C10H9NO3. The van der Waals surface area contributed by atoms with Crippen LogP contribution in [0.4, 0.5) is 0 Å². The Kier molecular flexibility index (Phi) is 2.05. The Bertz CT molecular complexity index is 400. The Morgan fingerprint density at radius 2 is 2.14 bits per heavy atom. The Hall–Kier alpha value is -1.68. The summed E-state index contributed by atoms with van der Waals surface area (Å²) in [4.78, 5) is 11.3. The lowest BCUT2D eigenvalue weighted by molar-refractivity contribution is -0.138. The number of para-hydroxylation sites is 1. The third-order valence-corrected chi connectivity index (χ3v) is 2.20. The lowest BCUT2D eigenvalue weighted by Crippen LogP contribution is -2.35. The highest BCUT2D eigenvalue weighted by molar-refractivity contribution is 6.14. The molecule has 0 aromatic heterocycles. The van der Waals surface area contributed by atoms with E-state index in [0.717, 1.165) is 0 Å². The smallest absolute Gasteiger partial charge is 0.322 e. The molecule has 1 heterocycles. The SMILES string of the molecule is N=C1c2ccccc2OC(=O)C1CO. The van der Waals surface area contributed by atoms with Crippen molar-refractivity contribution in [1.29, 1.82) is 5.41 Å². The predicted molar refractivity (Wildman–Crippen MR) is 49.5 cm³/mol. The summed E-state index contributed by atoms with van der Waals surface area (Å²) in [7, 11) is 0. The number of esters is 1. The first kappa shape index (κ1) is 8.90. The average molecular weight is 191 g/mol. The molecule has 0 amide bonds. The van der Waals surface area contributed by atoms with Crippen LogP contribution in [0.5, 0.6) is 5.75 Å². The summed E-state index contributed by atoms with van der Waals surface area (Å²) in [6, 6.07) is 6.84. The molecule has 1 atom stereocenters. The van der Waals surface area contributed by atoms with Gasteiger partial charge in [-0.05, 0) is 12.1 Å². The number of aliphatic hydroxyl groups is 1. The van der Waals surface area contributed by atoms with Crippen LogP contribution in [-0.4, -0.2) is 23.4 Å². The van der Waals surface area contributed by atoms with E-state index in [4.69, 9.17) is 15.3 Å². The molecule has 0 aliphatic carbocycles. The van der Waals surface area contributed by atoms with Crippen molar-refractivity contribution in [2.45, 2.75) is 0 Å². The van der Waals surface area contributed by atoms with E-state index in [2.05, 4.69) is 0 Å². The highest BCUT2D eigenvalue weighted by Crippen LogP contribution is 2.27. The molecule has 72 valence electrons. The molecule has 0 spiro atoms. The number of aliphatic hydroxyl groups excluding tert-OH is 1. The maximum absolute atomic E-state index is 11.3. The molecule has 14 heavy (non-hydrogen) atoms. The fourth-order valence-corrected chi connectivity index (χ4v) is 1.43. The summed E-state index contributed by atoms with van der Waals surface area (Å²) < 4.78 is 4.97. The molecule has 2 N–H and O–H groups in total. The first-order valence-electron chi connectivity index (χ1n) is 4.24. The van der Waals surface area contributed by atoms with E-state index in [0.29, 0.717) is 11.3 Å². The van der Waals surface area contributed by atoms with Gasteiger partial charge >= 0.3 is 5.97 Å². The van der Waals surface area contributed by atoms with E-state index in [1.807, 2.05) is 0 Å². The first-order valence-corrected chi connectivity index (χ1v) is 4.24. The highest BCUT2D eigenvalue weighted by Gasteiger charge is 2.32. The Morgan fingerprint density at radius 1 is 1.43 bits per heavy atom. The van der Waals surface area contributed by atoms with Crippen molar-refractivity contribution in [3.05, 3.63) is 29.8 Å². The number of carbonyl (C=O) groups is 1. The highest BCUT2D eigenvalue weighted by atomic mass is 16.5. The summed E-state index contributed by atoms with van der Waals surface area (Å²) in [5.74, 6) is -1.01. The van der Waals surface area contributed by atoms with Crippen molar-refractivity contribution in [2.75, 3.05) is 6.61 Å². The van der Waals surface area contributed by atoms with Crippen molar-refractivity contribution < 1.29 is 14.6 Å². The zero-order chi connectivity index (χ0) is 10.1. The second-order valence-corrected chi connectivity index (χ2v) is 3.07. The largest absolute Gasteiger partial charge is 0.425 e. The van der Waals surface area contributed by atoms with Crippen LogP contribution in [0.15, 0.2) is 24.3 Å². The van der Waals surface area contributed by atoms with Crippen LogP contribution in [0.25, 0.3) is 0 Å². The van der Waals surface area contributed by atoms with Gasteiger partial charge in [-0.1, -0.05) is 12.1 Å². The van der Waals surface area contributed by atoms with E-state index >= 15 is 0 Å². The normalized spacial score (nSPS) is 20.2. The third-order valence-electron chi connectivity index (χ3n) is 2.20. The molecule has 0 bridgehead atoms. The molecule has 1 aliphatic heterocycles. The van der Waals surface area contributed by atoms with Gasteiger partial charge in [-0.15, -0.1) is 0 Å². The molecule has 0 saturated heterocycles. The van der Waals surface area contributed by atoms with Gasteiger partial charge in [-0.25, -0.2) is 0 Å². The Balaban J connectivity index is 2.49. The Morgan fingerprint density at radius 3 is 2.86 bits per heavy atom. The molecule has 1 unspecified atom stereocenters. The van der Waals surface area contributed by atoms with Crippen LogP contribution >= 0.6 is 0 Å². The van der Waals surface area contributed by atoms with Gasteiger partial charge in [0.1, 0.15) is 11.7 Å². The molecule has 1 aliphatic rings. The maximum atomic E-state index is 11.3. The van der Waals surface area contributed by atoms with Gasteiger partial charge in [0.25, 0.3) is 0 Å². The number of fused-ring (bicyclic) bond motifs is 1. The van der Waals surface area contributed by atoms with Crippen LogP contribution in [0, 0.1) is 11.3 Å². The predicted octanol–water partition coefficient (Wildman–Crippen LogP) is 0.582. The number of ether oxygens (including phenoxy) is 1. The van der Waals surface area contributed by atoms with E-state index in [9.17, 15) is 4.79 Å². The van der Waals surface area contributed by atoms with E-state index < -0.39 is 11.9 Å². The molecule has 0 fully saturated rings. The summed E-state index contributed by atoms with van der Waals surface area (Å²) in [6.07, 6.45) is 0. The van der Waals surface area contributed by atoms with Crippen molar-refractivity contribution in [2.24, 2.45) is 5.92 Å².